The molecule has 0 aliphatic carbocycles. The van der Waals surface area contributed by atoms with Crippen LogP contribution in [0.15, 0.2) is 54.7 Å². The first-order valence-electron chi connectivity index (χ1n) is 9.63. The van der Waals surface area contributed by atoms with Gasteiger partial charge in [-0.1, -0.05) is 30.3 Å². The summed E-state index contributed by atoms with van der Waals surface area (Å²) in [7, 11) is 1.59. The fraction of sp³-hybridized carbons (Fsp3) is 0.318. The van der Waals surface area contributed by atoms with E-state index in [4.69, 9.17) is 4.74 Å². The van der Waals surface area contributed by atoms with E-state index in [2.05, 4.69) is 22.4 Å². The number of amides is 1. The van der Waals surface area contributed by atoms with Crippen molar-refractivity contribution in [1.29, 1.82) is 0 Å². The van der Waals surface area contributed by atoms with Crippen LogP contribution in [0.1, 0.15) is 29.9 Å². The SMILES string of the molecule is COCCNC(=O)CC(CCc1ccccc1)c1c[nH]c2ccc([N+](=O)[O-])cc12. The van der Waals surface area contributed by atoms with Crippen molar-refractivity contribution in [2.45, 2.75) is 25.2 Å². The van der Waals surface area contributed by atoms with Gasteiger partial charge < -0.3 is 15.0 Å². The molecule has 0 aliphatic rings. The highest BCUT2D eigenvalue weighted by Crippen LogP contribution is 2.33. The highest BCUT2D eigenvalue weighted by atomic mass is 16.6. The monoisotopic (exact) mass is 395 g/mol. The van der Waals surface area contributed by atoms with Crippen molar-refractivity contribution in [3.05, 3.63) is 76.0 Å². The van der Waals surface area contributed by atoms with Crippen LogP contribution in [0, 0.1) is 10.1 Å². The second kappa shape index (κ2) is 9.84. The van der Waals surface area contributed by atoms with Gasteiger partial charge in [0.2, 0.25) is 5.91 Å². The van der Waals surface area contributed by atoms with Crippen molar-refractivity contribution in [2.24, 2.45) is 0 Å². The van der Waals surface area contributed by atoms with Gasteiger partial charge >= 0.3 is 0 Å². The number of benzene rings is 2. The number of carbonyl (C=O) groups is 1. The molecule has 0 bridgehead atoms. The van der Waals surface area contributed by atoms with E-state index >= 15 is 0 Å². The van der Waals surface area contributed by atoms with Crippen molar-refractivity contribution in [3.8, 4) is 0 Å². The maximum atomic E-state index is 12.5. The standard InChI is InChI=1S/C22H25N3O4/c1-29-12-11-23-22(26)13-17(8-7-16-5-3-2-4-6-16)20-15-24-21-10-9-18(25(27)28)14-19(20)21/h2-6,9-10,14-15,17,24H,7-8,11-13H2,1H3,(H,23,26). The second-order valence-electron chi connectivity index (χ2n) is 7.00. The van der Waals surface area contributed by atoms with Crippen molar-refractivity contribution in [2.75, 3.05) is 20.3 Å². The zero-order valence-corrected chi connectivity index (χ0v) is 16.4. The summed E-state index contributed by atoms with van der Waals surface area (Å²) in [5.74, 6) is -0.117. The molecule has 1 amide bonds. The summed E-state index contributed by atoms with van der Waals surface area (Å²) < 4.78 is 4.98. The highest BCUT2D eigenvalue weighted by molar-refractivity contribution is 5.87. The molecule has 7 nitrogen and oxygen atoms in total. The van der Waals surface area contributed by atoms with E-state index in [1.54, 1.807) is 19.2 Å². The number of nitrogens with zero attached hydrogens (tertiary/aromatic N) is 1. The Morgan fingerprint density at radius 2 is 2.03 bits per heavy atom. The molecule has 2 N–H and O–H groups in total. The number of rotatable bonds is 10. The van der Waals surface area contributed by atoms with E-state index in [1.807, 2.05) is 24.4 Å². The normalized spacial score (nSPS) is 12.0. The topological polar surface area (TPSA) is 97.3 Å². The van der Waals surface area contributed by atoms with Gasteiger partial charge in [0.1, 0.15) is 0 Å². The molecule has 0 saturated carbocycles. The third kappa shape index (κ3) is 5.42. The smallest absolute Gasteiger partial charge is 0.270 e. The Balaban J connectivity index is 1.85. The molecule has 1 heterocycles. The summed E-state index contributed by atoms with van der Waals surface area (Å²) in [5.41, 5.74) is 3.00. The zero-order valence-electron chi connectivity index (χ0n) is 16.4. The molecule has 0 saturated heterocycles. The van der Waals surface area contributed by atoms with Crippen LogP contribution in [-0.4, -0.2) is 36.1 Å². The van der Waals surface area contributed by atoms with Crippen LogP contribution in [0.25, 0.3) is 10.9 Å². The van der Waals surface area contributed by atoms with E-state index in [0.717, 1.165) is 29.3 Å². The summed E-state index contributed by atoms with van der Waals surface area (Å²) in [6.45, 7) is 0.916. The summed E-state index contributed by atoms with van der Waals surface area (Å²) in [6.07, 6.45) is 3.76. The Kier molecular flexibility index (Phi) is 6.97. The summed E-state index contributed by atoms with van der Waals surface area (Å²) in [5, 5.41) is 14.9. The van der Waals surface area contributed by atoms with Gasteiger partial charge in [-0.3, -0.25) is 14.9 Å². The van der Waals surface area contributed by atoms with Crippen LogP contribution in [0.5, 0.6) is 0 Å². The number of fused-ring (bicyclic) bond motifs is 1. The number of hydrogen-bond donors (Lipinski definition) is 2. The van der Waals surface area contributed by atoms with Crippen molar-refractivity contribution in [3.63, 3.8) is 0 Å². The first-order chi connectivity index (χ1) is 14.1. The molecule has 29 heavy (non-hydrogen) atoms. The number of aryl methyl sites for hydroxylation is 1. The van der Waals surface area contributed by atoms with Crippen LogP contribution < -0.4 is 5.32 Å². The number of carbonyl (C=O) groups excluding carboxylic acids is 1. The van der Waals surface area contributed by atoms with E-state index in [-0.39, 0.29) is 17.5 Å². The van der Waals surface area contributed by atoms with Gasteiger partial charge in [-0.2, -0.15) is 0 Å². The number of non-ortho nitro benzene ring substituents is 1. The van der Waals surface area contributed by atoms with Crippen LogP contribution in [0.3, 0.4) is 0 Å². The van der Waals surface area contributed by atoms with E-state index in [1.165, 1.54) is 11.6 Å². The number of nitro benzene ring substituents is 1. The van der Waals surface area contributed by atoms with E-state index in [0.29, 0.717) is 19.6 Å². The molecule has 3 rings (SSSR count). The Labute approximate surface area is 169 Å². The van der Waals surface area contributed by atoms with Crippen LogP contribution in [-0.2, 0) is 16.0 Å². The van der Waals surface area contributed by atoms with Crippen LogP contribution in [0.2, 0.25) is 0 Å². The average molecular weight is 395 g/mol. The van der Waals surface area contributed by atoms with Crippen LogP contribution in [0.4, 0.5) is 5.69 Å². The Bertz CT molecular complexity index is 969. The highest BCUT2D eigenvalue weighted by Gasteiger charge is 2.21. The van der Waals surface area contributed by atoms with Gasteiger partial charge in [0.05, 0.1) is 11.5 Å². The van der Waals surface area contributed by atoms with Gasteiger partial charge in [-0.05, 0) is 36.0 Å². The van der Waals surface area contributed by atoms with Crippen LogP contribution >= 0.6 is 0 Å². The zero-order chi connectivity index (χ0) is 20.6. The fourth-order valence-electron chi connectivity index (χ4n) is 3.52. The number of nitrogens with one attached hydrogen (secondary N) is 2. The molecular formula is C22H25N3O4. The first-order valence-corrected chi connectivity index (χ1v) is 9.63. The van der Waals surface area contributed by atoms with Gasteiger partial charge in [0.25, 0.3) is 5.69 Å². The molecule has 1 aromatic heterocycles. The number of ether oxygens (including phenoxy) is 1. The lowest BCUT2D eigenvalue weighted by molar-refractivity contribution is -0.384. The number of methoxy groups -OCH3 is 1. The van der Waals surface area contributed by atoms with Gasteiger partial charge in [-0.15, -0.1) is 0 Å². The molecule has 0 radical (unpaired) electrons. The lowest BCUT2D eigenvalue weighted by Gasteiger charge is -2.17. The Morgan fingerprint density at radius 1 is 1.24 bits per heavy atom. The van der Waals surface area contributed by atoms with Crippen molar-refractivity contribution >= 4 is 22.5 Å². The number of H-pyrrole nitrogens is 1. The molecule has 152 valence electrons. The van der Waals surface area contributed by atoms with Gasteiger partial charge in [0.15, 0.2) is 0 Å². The molecule has 0 fully saturated rings. The largest absolute Gasteiger partial charge is 0.383 e. The average Bonchev–Trinajstić information content (AvgIpc) is 3.15. The lowest BCUT2D eigenvalue weighted by atomic mass is 9.89. The number of aromatic amines is 1. The molecular weight excluding hydrogens is 370 g/mol. The Hall–Kier alpha value is -3.19. The minimum absolute atomic E-state index is 0.0460. The van der Waals surface area contributed by atoms with Gasteiger partial charge in [-0.25, -0.2) is 0 Å². The lowest BCUT2D eigenvalue weighted by Crippen LogP contribution is -2.28. The summed E-state index contributed by atoms with van der Waals surface area (Å²) >= 11 is 0. The molecule has 0 aliphatic heterocycles. The van der Waals surface area contributed by atoms with E-state index in [9.17, 15) is 14.9 Å². The fourth-order valence-corrected chi connectivity index (χ4v) is 3.52. The minimum Gasteiger partial charge on any atom is -0.383 e. The summed E-state index contributed by atoms with van der Waals surface area (Å²) in [6, 6.07) is 14.9. The third-order valence-corrected chi connectivity index (χ3v) is 5.03. The third-order valence-electron chi connectivity index (χ3n) is 5.03. The first kappa shape index (κ1) is 20.5. The molecule has 1 unspecified atom stereocenters. The predicted molar refractivity (Wildman–Crippen MR) is 112 cm³/mol. The molecule has 2 aromatic carbocycles. The van der Waals surface area contributed by atoms with Gasteiger partial charge in [0, 0.05) is 49.3 Å². The maximum absolute atomic E-state index is 12.5. The molecule has 3 aromatic rings. The predicted octanol–water partition coefficient (Wildman–Crippen LogP) is 3.95. The van der Waals surface area contributed by atoms with Crippen molar-refractivity contribution < 1.29 is 14.5 Å². The Morgan fingerprint density at radius 3 is 2.76 bits per heavy atom. The number of aromatic nitrogens is 1. The quantitative estimate of drug-likeness (QED) is 0.309. The maximum Gasteiger partial charge on any atom is 0.270 e. The molecule has 0 spiro atoms. The van der Waals surface area contributed by atoms with E-state index < -0.39 is 4.92 Å². The molecule has 1 atom stereocenters. The van der Waals surface area contributed by atoms with Crippen molar-refractivity contribution in [1.82, 2.24) is 10.3 Å². The molecule has 7 heteroatoms. The second-order valence-corrected chi connectivity index (χ2v) is 7.00. The summed E-state index contributed by atoms with van der Waals surface area (Å²) in [4.78, 5) is 26.5. The number of hydrogen-bond acceptors (Lipinski definition) is 4. The number of nitro groups is 1. The minimum atomic E-state index is -0.396.